The van der Waals surface area contributed by atoms with Gasteiger partial charge in [-0.3, -0.25) is 9.59 Å². The molecule has 1 aliphatic heterocycles. The normalized spacial score (nSPS) is 22.8. The van der Waals surface area contributed by atoms with Crippen molar-refractivity contribution in [3.63, 3.8) is 0 Å². The Bertz CT molecular complexity index is 409. The number of amides is 2. The number of hydrogen-bond acceptors (Lipinski definition) is 2. The van der Waals surface area contributed by atoms with Crippen LogP contribution in [0.2, 0.25) is 0 Å². The van der Waals surface area contributed by atoms with Crippen molar-refractivity contribution in [2.45, 2.75) is 66.5 Å². The average molecular weight is 294 g/mol. The summed E-state index contributed by atoms with van der Waals surface area (Å²) in [4.78, 5) is 26.9. The Balaban J connectivity index is 2.96. The number of rotatable bonds is 6. The molecule has 1 N–H and O–H groups in total. The van der Waals surface area contributed by atoms with E-state index < -0.39 is 0 Å². The maximum atomic E-state index is 12.7. The van der Waals surface area contributed by atoms with Gasteiger partial charge in [0.25, 0.3) is 0 Å². The number of nitrogens with zero attached hydrogens (tertiary/aromatic N) is 1. The third-order valence-electron chi connectivity index (χ3n) is 3.67. The second-order valence-corrected chi connectivity index (χ2v) is 7.11. The van der Waals surface area contributed by atoms with Crippen molar-refractivity contribution in [2.24, 2.45) is 11.8 Å². The van der Waals surface area contributed by atoms with E-state index in [4.69, 9.17) is 0 Å². The Morgan fingerprint density at radius 2 is 1.71 bits per heavy atom. The second-order valence-electron chi connectivity index (χ2n) is 7.11. The quantitative estimate of drug-likeness (QED) is 0.766. The zero-order valence-corrected chi connectivity index (χ0v) is 14.3. The number of nitrogens with one attached hydrogen (secondary N) is 1. The minimum Gasteiger partial charge on any atom is -0.342 e. The van der Waals surface area contributed by atoms with Crippen LogP contribution in [0.3, 0.4) is 0 Å². The van der Waals surface area contributed by atoms with E-state index >= 15 is 0 Å². The minimum atomic E-state index is -0.369. The molecular formula is C17H30N2O2. The lowest BCUT2D eigenvalue weighted by Gasteiger charge is -2.39. The van der Waals surface area contributed by atoms with Gasteiger partial charge in [0.1, 0.15) is 12.1 Å². The van der Waals surface area contributed by atoms with Gasteiger partial charge in [0.15, 0.2) is 0 Å². The number of allylic oxidation sites excluding steroid dienone is 1. The van der Waals surface area contributed by atoms with Gasteiger partial charge in [0, 0.05) is 6.54 Å². The largest absolute Gasteiger partial charge is 0.342 e. The molecule has 0 bridgehead atoms. The van der Waals surface area contributed by atoms with Crippen molar-refractivity contribution in [3.05, 3.63) is 11.6 Å². The van der Waals surface area contributed by atoms with Gasteiger partial charge >= 0.3 is 0 Å². The van der Waals surface area contributed by atoms with Crippen molar-refractivity contribution in [2.75, 3.05) is 6.54 Å². The highest BCUT2D eigenvalue weighted by Crippen LogP contribution is 2.20. The molecule has 0 aromatic heterocycles. The van der Waals surface area contributed by atoms with Crippen LogP contribution in [0.15, 0.2) is 11.6 Å². The van der Waals surface area contributed by atoms with Gasteiger partial charge in [0.05, 0.1) is 0 Å². The van der Waals surface area contributed by atoms with Crippen molar-refractivity contribution in [1.82, 2.24) is 10.2 Å². The molecule has 0 radical (unpaired) electrons. The van der Waals surface area contributed by atoms with Crippen LogP contribution in [0.25, 0.3) is 0 Å². The van der Waals surface area contributed by atoms with Gasteiger partial charge in [-0.05, 0) is 38.5 Å². The van der Waals surface area contributed by atoms with Crippen LogP contribution in [0.5, 0.6) is 0 Å². The summed E-state index contributed by atoms with van der Waals surface area (Å²) in [7, 11) is 0. The van der Waals surface area contributed by atoms with E-state index in [2.05, 4.69) is 33.0 Å². The van der Waals surface area contributed by atoms with Crippen LogP contribution in [0.1, 0.15) is 54.4 Å². The molecule has 1 rings (SSSR count). The third-order valence-corrected chi connectivity index (χ3v) is 3.67. The highest BCUT2D eigenvalue weighted by Gasteiger charge is 2.40. The Labute approximate surface area is 129 Å². The number of piperazine rings is 1. The zero-order valence-electron chi connectivity index (χ0n) is 14.3. The first-order valence-electron chi connectivity index (χ1n) is 7.96. The SMILES string of the molecule is CC(C)=CCN1C(=O)C(CC(C)C)NC(=O)C1CC(C)C. The second kappa shape index (κ2) is 7.62. The summed E-state index contributed by atoms with van der Waals surface area (Å²) in [5.74, 6) is 0.818. The molecular weight excluding hydrogens is 264 g/mol. The van der Waals surface area contributed by atoms with Gasteiger partial charge in [0.2, 0.25) is 11.8 Å². The molecule has 1 aliphatic rings. The van der Waals surface area contributed by atoms with Crippen LogP contribution >= 0.6 is 0 Å². The van der Waals surface area contributed by atoms with Crippen molar-refractivity contribution in [3.8, 4) is 0 Å². The topological polar surface area (TPSA) is 49.4 Å². The predicted octanol–water partition coefficient (Wildman–Crippen LogP) is 2.74. The molecule has 0 saturated carbocycles. The summed E-state index contributed by atoms with van der Waals surface area (Å²) < 4.78 is 0. The Morgan fingerprint density at radius 1 is 1.14 bits per heavy atom. The molecule has 2 amide bonds. The van der Waals surface area contributed by atoms with Crippen molar-refractivity contribution >= 4 is 11.8 Å². The van der Waals surface area contributed by atoms with E-state index in [1.807, 2.05) is 19.9 Å². The minimum absolute atomic E-state index is 0.00361. The predicted molar refractivity (Wildman–Crippen MR) is 85.8 cm³/mol. The molecule has 4 heteroatoms. The molecule has 2 atom stereocenters. The lowest BCUT2D eigenvalue weighted by atomic mass is 9.94. The number of carbonyl (C=O) groups excluding carboxylic acids is 2. The van der Waals surface area contributed by atoms with Gasteiger partial charge in [-0.15, -0.1) is 0 Å². The van der Waals surface area contributed by atoms with Crippen LogP contribution in [0.4, 0.5) is 0 Å². The smallest absolute Gasteiger partial charge is 0.246 e. The number of carbonyl (C=O) groups is 2. The first-order chi connectivity index (χ1) is 9.72. The van der Waals surface area contributed by atoms with Crippen LogP contribution in [0, 0.1) is 11.8 Å². The van der Waals surface area contributed by atoms with Crippen molar-refractivity contribution in [1.29, 1.82) is 0 Å². The maximum Gasteiger partial charge on any atom is 0.246 e. The molecule has 0 aromatic carbocycles. The van der Waals surface area contributed by atoms with Crippen LogP contribution in [-0.4, -0.2) is 35.3 Å². The van der Waals surface area contributed by atoms with E-state index in [0.717, 1.165) is 5.57 Å². The van der Waals surface area contributed by atoms with E-state index in [1.165, 1.54) is 0 Å². The highest BCUT2D eigenvalue weighted by atomic mass is 16.2. The van der Waals surface area contributed by atoms with Crippen molar-refractivity contribution < 1.29 is 9.59 Å². The Hall–Kier alpha value is -1.32. The summed E-state index contributed by atoms with van der Waals surface area (Å²) in [5, 5.41) is 2.92. The highest BCUT2D eigenvalue weighted by molar-refractivity contribution is 5.97. The van der Waals surface area contributed by atoms with Crippen LogP contribution in [-0.2, 0) is 9.59 Å². The average Bonchev–Trinajstić information content (AvgIpc) is 2.33. The number of hydrogen-bond donors (Lipinski definition) is 1. The zero-order chi connectivity index (χ0) is 16.2. The van der Waals surface area contributed by atoms with Crippen LogP contribution < -0.4 is 5.32 Å². The van der Waals surface area contributed by atoms with Gasteiger partial charge in [-0.1, -0.05) is 39.3 Å². The summed E-state index contributed by atoms with van der Waals surface area (Å²) in [6, 6.07) is -0.706. The fourth-order valence-corrected chi connectivity index (χ4v) is 2.64. The molecule has 120 valence electrons. The Kier molecular flexibility index (Phi) is 6.43. The monoisotopic (exact) mass is 294 g/mol. The maximum absolute atomic E-state index is 12.7. The van der Waals surface area contributed by atoms with E-state index in [-0.39, 0.29) is 23.9 Å². The van der Waals surface area contributed by atoms with E-state index in [1.54, 1.807) is 4.90 Å². The summed E-state index contributed by atoms with van der Waals surface area (Å²) >= 11 is 0. The van der Waals surface area contributed by atoms with Gasteiger partial charge < -0.3 is 10.2 Å². The first kappa shape index (κ1) is 17.7. The van der Waals surface area contributed by atoms with Gasteiger partial charge in [-0.2, -0.15) is 0 Å². The molecule has 1 saturated heterocycles. The summed E-state index contributed by atoms with van der Waals surface area (Å²) in [6.45, 7) is 12.9. The summed E-state index contributed by atoms with van der Waals surface area (Å²) in [5.41, 5.74) is 1.16. The summed E-state index contributed by atoms with van der Waals surface area (Å²) in [6.07, 6.45) is 3.43. The molecule has 0 aliphatic carbocycles. The molecule has 0 aromatic rings. The van der Waals surface area contributed by atoms with E-state index in [0.29, 0.717) is 31.2 Å². The first-order valence-corrected chi connectivity index (χ1v) is 7.96. The van der Waals surface area contributed by atoms with Gasteiger partial charge in [-0.25, -0.2) is 0 Å². The molecule has 2 unspecified atom stereocenters. The standard InChI is InChI=1S/C17H30N2O2/c1-11(2)7-8-19-15(10-13(5)6)16(20)18-14(17(19)21)9-12(3)4/h7,12-15H,8-10H2,1-6H3,(H,18,20). The fourth-order valence-electron chi connectivity index (χ4n) is 2.64. The molecule has 1 fully saturated rings. The molecule has 1 heterocycles. The third kappa shape index (κ3) is 5.18. The molecule has 21 heavy (non-hydrogen) atoms. The Morgan fingerprint density at radius 3 is 2.19 bits per heavy atom. The lowest BCUT2D eigenvalue weighted by molar-refractivity contribution is -0.149. The molecule has 4 nitrogen and oxygen atoms in total. The molecule has 0 spiro atoms. The fraction of sp³-hybridized carbons (Fsp3) is 0.765. The van der Waals surface area contributed by atoms with E-state index in [9.17, 15) is 9.59 Å². The lowest BCUT2D eigenvalue weighted by Crippen LogP contribution is -2.63.